The van der Waals surface area contributed by atoms with Gasteiger partial charge in [-0.25, -0.2) is 9.59 Å². The van der Waals surface area contributed by atoms with Gasteiger partial charge in [0, 0.05) is 5.69 Å². The predicted octanol–water partition coefficient (Wildman–Crippen LogP) is 0.819. The molecule has 0 bridgehead atoms. The second-order valence-electron chi connectivity index (χ2n) is 3.01. The van der Waals surface area contributed by atoms with E-state index in [0.29, 0.717) is 5.69 Å². The van der Waals surface area contributed by atoms with Gasteiger partial charge in [0.15, 0.2) is 6.61 Å². The number of carbonyl (C=O) groups excluding carboxylic acids is 1. The first kappa shape index (κ1) is 11.0. The summed E-state index contributed by atoms with van der Waals surface area (Å²) in [4.78, 5) is 21.5. The van der Waals surface area contributed by atoms with E-state index in [1.54, 1.807) is 19.1 Å². The van der Waals surface area contributed by atoms with Gasteiger partial charge in [0.05, 0.1) is 5.56 Å². The third-order valence-electron chi connectivity index (χ3n) is 1.87. The molecule has 0 unspecified atom stereocenters. The van der Waals surface area contributed by atoms with E-state index in [2.05, 4.69) is 4.74 Å². The number of ether oxygens (including phenoxy) is 1. The molecule has 5 nitrogen and oxygen atoms in total. The zero-order chi connectivity index (χ0) is 11.4. The Morgan fingerprint density at radius 2 is 2.13 bits per heavy atom. The third kappa shape index (κ3) is 2.70. The molecule has 1 rings (SSSR count). The molecular formula is C10H11NO4. The van der Waals surface area contributed by atoms with E-state index < -0.39 is 18.5 Å². The van der Waals surface area contributed by atoms with Crippen molar-refractivity contribution in [3.05, 3.63) is 29.3 Å². The molecule has 0 aliphatic heterocycles. The van der Waals surface area contributed by atoms with Gasteiger partial charge in [-0.3, -0.25) is 0 Å². The van der Waals surface area contributed by atoms with Gasteiger partial charge < -0.3 is 15.6 Å². The summed E-state index contributed by atoms with van der Waals surface area (Å²) in [5, 5.41) is 8.32. The van der Waals surface area contributed by atoms with Crippen molar-refractivity contribution in [2.24, 2.45) is 0 Å². The molecule has 0 saturated heterocycles. The van der Waals surface area contributed by atoms with Crippen molar-refractivity contribution >= 4 is 17.6 Å². The van der Waals surface area contributed by atoms with Crippen molar-refractivity contribution in [2.75, 3.05) is 12.3 Å². The molecule has 0 aliphatic carbocycles. The van der Waals surface area contributed by atoms with E-state index in [9.17, 15) is 9.59 Å². The highest BCUT2D eigenvalue weighted by Gasteiger charge is 2.13. The van der Waals surface area contributed by atoms with Crippen molar-refractivity contribution in [1.29, 1.82) is 0 Å². The molecule has 0 radical (unpaired) electrons. The second-order valence-corrected chi connectivity index (χ2v) is 3.01. The average molecular weight is 209 g/mol. The van der Waals surface area contributed by atoms with Crippen molar-refractivity contribution in [3.8, 4) is 0 Å². The number of carboxylic acid groups (broad SMARTS) is 1. The standard InChI is InChI=1S/C10H11NO4/c1-6-3-2-4-7(9(6)11)10(14)15-5-8(12)13/h2-4H,5,11H2,1H3,(H,12,13). The number of anilines is 1. The van der Waals surface area contributed by atoms with E-state index in [0.717, 1.165) is 5.56 Å². The van der Waals surface area contributed by atoms with Crippen LogP contribution in [0.4, 0.5) is 5.69 Å². The van der Waals surface area contributed by atoms with Crippen LogP contribution in [0.5, 0.6) is 0 Å². The molecule has 0 aromatic heterocycles. The lowest BCUT2D eigenvalue weighted by Gasteiger charge is -2.06. The quantitative estimate of drug-likeness (QED) is 0.568. The van der Waals surface area contributed by atoms with Crippen LogP contribution in [0.2, 0.25) is 0 Å². The maximum Gasteiger partial charge on any atom is 0.341 e. The highest BCUT2D eigenvalue weighted by atomic mass is 16.5. The normalized spacial score (nSPS) is 9.67. The Balaban J connectivity index is 2.82. The van der Waals surface area contributed by atoms with Crippen LogP contribution in [0, 0.1) is 6.92 Å². The summed E-state index contributed by atoms with van der Waals surface area (Å²) in [6.07, 6.45) is 0. The number of rotatable bonds is 3. The molecule has 1 aromatic rings. The molecule has 0 heterocycles. The van der Waals surface area contributed by atoms with Gasteiger partial charge in [0.2, 0.25) is 0 Å². The minimum Gasteiger partial charge on any atom is -0.479 e. The fourth-order valence-corrected chi connectivity index (χ4v) is 1.06. The number of esters is 1. The summed E-state index contributed by atoms with van der Waals surface area (Å²) in [5.74, 6) is -1.92. The van der Waals surface area contributed by atoms with Gasteiger partial charge >= 0.3 is 11.9 Å². The highest BCUT2D eigenvalue weighted by molar-refractivity contribution is 5.96. The average Bonchev–Trinajstić information content (AvgIpc) is 2.18. The minimum absolute atomic E-state index is 0.191. The molecule has 5 heteroatoms. The van der Waals surface area contributed by atoms with Crippen molar-refractivity contribution in [3.63, 3.8) is 0 Å². The van der Waals surface area contributed by atoms with Crippen LogP contribution >= 0.6 is 0 Å². The summed E-state index contributed by atoms with van der Waals surface area (Å²) in [6.45, 7) is 1.09. The Labute approximate surface area is 86.5 Å². The number of para-hydroxylation sites is 1. The molecule has 3 N–H and O–H groups in total. The van der Waals surface area contributed by atoms with Gasteiger partial charge in [-0.2, -0.15) is 0 Å². The van der Waals surface area contributed by atoms with E-state index in [4.69, 9.17) is 10.8 Å². The molecule has 80 valence electrons. The van der Waals surface area contributed by atoms with Crippen LogP contribution in [0.3, 0.4) is 0 Å². The van der Waals surface area contributed by atoms with Crippen LogP contribution < -0.4 is 5.73 Å². The first-order valence-corrected chi connectivity index (χ1v) is 4.26. The predicted molar refractivity (Wildman–Crippen MR) is 53.5 cm³/mol. The number of hydrogen-bond donors (Lipinski definition) is 2. The molecular weight excluding hydrogens is 198 g/mol. The second kappa shape index (κ2) is 4.45. The zero-order valence-electron chi connectivity index (χ0n) is 8.19. The molecule has 0 fully saturated rings. The first-order chi connectivity index (χ1) is 7.02. The third-order valence-corrected chi connectivity index (χ3v) is 1.87. The number of hydrogen-bond acceptors (Lipinski definition) is 4. The first-order valence-electron chi connectivity index (χ1n) is 4.26. The lowest BCUT2D eigenvalue weighted by molar-refractivity contribution is -0.140. The topological polar surface area (TPSA) is 89.6 Å². The zero-order valence-corrected chi connectivity index (χ0v) is 8.19. The number of nitrogens with two attached hydrogens (primary N) is 1. The fourth-order valence-electron chi connectivity index (χ4n) is 1.06. The van der Waals surface area contributed by atoms with Crippen LogP contribution in [0.25, 0.3) is 0 Å². The molecule has 0 atom stereocenters. The molecule has 15 heavy (non-hydrogen) atoms. The number of nitrogen functional groups attached to an aromatic ring is 1. The highest BCUT2D eigenvalue weighted by Crippen LogP contribution is 2.17. The van der Waals surface area contributed by atoms with Crippen molar-refractivity contribution < 1.29 is 19.4 Å². The Hall–Kier alpha value is -2.04. The smallest absolute Gasteiger partial charge is 0.341 e. The van der Waals surface area contributed by atoms with Gasteiger partial charge in [-0.05, 0) is 18.6 Å². The van der Waals surface area contributed by atoms with Crippen LogP contribution in [-0.2, 0) is 9.53 Å². The molecule has 0 aliphatic rings. The maximum absolute atomic E-state index is 11.4. The Morgan fingerprint density at radius 3 is 2.73 bits per heavy atom. The van der Waals surface area contributed by atoms with Crippen LogP contribution in [0.1, 0.15) is 15.9 Å². The van der Waals surface area contributed by atoms with Gasteiger partial charge in [-0.1, -0.05) is 12.1 Å². The minimum atomic E-state index is -1.20. The maximum atomic E-state index is 11.4. The van der Waals surface area contributed by atoms with Crippen LogP contribution in [-0.4, -0.2) is 23.7 Å². The van der Waals surface area contributed by atoms with Crippen LogP contribution in [0.15, 0.2) is 18.2 Å². The van der Waals surface area contributed by atoms with E-state index >= 15 is 0 Å². The molecule has 0 amide bonds. The van der Waals surface area contributed by atoms with Crippen molar-refractivity contribution in [1.82, 2.24) is 0 Å². The summed E-state index contributed by atoms with van der Waals surface area (Å²) >= 11 is 0. The fraction of sp³-hybridized carbons (Fsp3) is 0.200. The van der Waals surface area contributed by atoms with E-state index in [1.807, 2.05) is 0 Å². The lowest BCUT2D eigenvalue weighted by atomic mass is 10.1. The Morgan fingerprint density at radius 1 is 1.47 bits per heavy atom. The number of benzene rings is 1. The summed E-state index contributed by atoms with van der Waals surface area (Å²) < 4.78 is 4.51. The summed E-state index contributed by atoms with van der Waals surface area (Å²) in [7, 11) is 0. The lowest BCUT2D eigenvalue weighted by Crippen LogP contribution is -2.14. The van der Waals surface area contributed by atoms with E-state index in [1.165, 1.54) is 6.07 Å². The van der Waals surface area contributed by atoms with Gasteiger partial charge in [-0.15, -0.1) is 0 Å². The van der Waals surface area contributed by atoms with Gasteiger partial charge in [0.1, 0.15) is 0 Å². The largest absolute Gasteiger partial charge is 0.479 e. The summed E-state index contributed by atoms with van der Waals surface area (Å²) in [5.41, 5.74) is 6.90. The number of carboxylic acids is 1. The number of aryl methyl sites for hydroxylation is 1. The monoisotopic (exact) mass is 209 g/mol. The van der Waals surface area contributed by atoms with Gasteiger partial charge in [0.25, 0.3) is 0 Å². The molecule has 0 saturated carbocycles. The number of carbonyl (C=O) groups is 2. The Kier molecular flexibility index (Phi) is 3.28. The van der Waals surface area contributed by atoms with E-state index in [-0.39, 0.29) is 5.56 Å². The van der Waals surface area contributed by atoms with Crippen molar-refractivity contribution in [2.45, 2.75) is 6.92 Å². The Bertz CT molecular complexity index is 400. The molecule has 0 spiro atoms. The number of aliphatic carboxylic acids is 1. The molecule has 1 aromatic carbocycles. The summed E-state index contributed by atoms with van der Waals surface area (Å²) in [6, 6.07) is 4.90. The SMILES string of the molecule is Cc1cccc(C(=O)OCC(=O)O)c1N.